The van der Waals surface area contributed by atoms with Gasteiger partial charge in [-0.1, -0.05) is 36.4 Å². The molecule has 2 atom stereocenters. The minimum atomic E-state index is -0.205. The van der Waals surface area contributed by atoms with Gasteiger partial charge in [-0.25, -0.2) is 4.39 Å². The first kappa shape index (κ1) is 15.7. The fourth-order valence-electron chi connectivity index (χ4n) is 2.82. The van der Waals surface area contributed by atoms with Gasteiger partial charge in [0, 0.05) is 18.6 Å². The second-order valence-electron chi connectivity index (χ2n) is 5.70. The van der Waals surface area contributed by atoms with Crippen molar-refractivity contribution in [1.29, 1.82) is 0 Å². The molecule has 2 aromatic rings. The van der Waals surface area contributed by atoms with Crippen molar-refractivity contribution in [3.8, 4) is 0 Å². The Morgan fingerprint density at radius 3 is 2.29 bits per heavy atom. The summed E-state index contributed by atoms with van der Waals surface area (Å²) in [5.74, 6) is -0.205. The number of nitrogens with two attached hydrogens (primary N) is 1. The van der Waals surface area contributed by atoms with Crippen LogP contribution in [-0.4, -0.2) is 18.0 Å². The second-order valence-corrected chi connectivity index (χ2v) is 5.70. The predicted molar refractivity (Wildman–Crippen MR) is 85.4 cm³/mol. The molecule has 2 N–H and O–H groups in total. The Morgan fingerprint density at radius 1 is 1.10 bits per heavy atom. The van der Waals surface area contributed by atoms with Crippen LogP contribution in [0.25, 0.3) is 0 Å². The molecule has 0 aliphatic rings. The van der Waals surface area contributed by atoms with Gasteiger partial charge in [0.15, 0.2) is 0 Å². The Morgan fingerprint density at radius 2 is 1.71 bits per heavy atom. The molecule has 0 spiro atoms. The average Bonchev–Trinajstić information content (AvgIpc) is 2.43. The van der Waals surface area contributed by atoms with Crippen molar-refractivity contribution >= 4 is 0 Å². The highest BCUT2D eigenvalue weighted by Crippen LogP contribution is 2.26. The van der Waals surface area contributed by atoms with Gasteiger partial charge in [-0.2, -0.15) is 0 Å². The van der Waals surface area contributed by atoms with Crippen LogP contribution in [0.3, 0.4) is 0 Å². The largest absolute Gasteiger partial charge is 0.326 e. The lowest BCUT2D eigenvalue weighted by atomic mass is 9.95. The van der Waals surface area contributed by atoms with Gasteiger partial charge in [-0.15, -0.1) is 0 Å². The lowest BCUT2D eigenvalue weighted by Crippen LogP contribution is -2.37. The summed E-state index contributed by atoms with van der Waals surface area (Å²) in [4.78, 5) is 2.22. The number of nitrogens with zero attached hydrogens (tertiary/aromatic N) is 1. The van der Waals surface area contributed by atoms with Gasteiger partial charge in [0.2, 0.25) is 0 Å². The number of halogens is 1. The maximum Gasteiger partial charge on any atom is 0.123 e. The lowest BCUT2D eigenvalue weighted by Gasteiger charge is -2.32. The molecule has 2 nitrogen and oxygen atoms in total. The van der Waals surface area contributed by atoms with Crippen LogP contribution in [0.1, 0.15) is 29.7 Å². The van der Waals surface area contributed by atoms with Gasteiger partial charge in [0.05, 0.1) is 0 Å². The topological polar surface area (TPSA) is 29.3 Å². The van der Waals surface area contributed by atoms with E-state index in [4.69, 9.17) is 5.73 Å². The van der Waals surface area contributed by atoms with E-state index < -0.39 is 0 Å². The minimum Gasteiger partial charge on any atom is -0.326 e. The van der Waals surface area contributed by atoms with Crippen molar-refractivity contribution < 1.29 is 4.39 Å². The first-order valence-electron chi connectivity index (χ1n) is 7.25. The van der Waals surface area contributed by atoms with E-state index in [-0.39, 0.29) is 17.9 Å². The van der Waals surface area contributed by atoms with Crippen LogP contribution in [0.4, 0.5) is 4.39 Å². The van der Waals surface area contributed by atoms with Crippen LogP contribution >= 0.6 is 0 Å². The van der Waals surface area contributed by atoms with E-state index in [0.717, 1.165) is 12.1 Å². The Balaban J connectivity index is 2.22. The summed E-state index contributed by atoms with van der Waals surface area (Å²) in [6.07, 6.45) is 0. The summed E-state index contributed by atoms with van der Waals surface area (Å²) in [6, 6.07) is 15.1. The minimum absolute atomic E-state index is 0.0107. The van der Waals surface area contributed by atoms with Gasteiger partial charge < -0.3 is 5.73 Å². The van der Waals surface area contributed by atoms with Crippen LogP contribution in [0.15, 0.2) is 48.5 Å². The number of rotatable bonds is 5. The molecule has 0 saturated heterocycles. The fraction of sp³-hybridized carbons (Fsp3) is 0.333. The first-order valence-corrected chi connectivity index (χ1v) is 7.25. The molecule has 2 aromatic carbocycles. The predicted octanol–water partition coefficient (Wildman–Crippen LogP) is 3.65. The van der Waals surface area contributed by atoms with E-state index in [0.29, 0.717) is 0 Å². The number of hydrogen-bond donors (Lipinski definition) is 1. The van der Waals surface area contributed by atoms with Crippen LogP contribution in [0, 0.1) is 12.7 Å². The molecule has 0 fully saturated rings. The van der Waals surface area contributed by atoms with E-state index in [1.807, 2.05) is 31.2 Å². The molecule has 2 unspecified atom stereocenters. The molecular formula is C18H23FN2. The van der Waals surface area contributed by atoms with E-state index in [2.05, 4.69) is 31.0 Å². The Bertz CT molecular complexity index is 578. The molecule has 0 saturated carbocycles. The van der Waals surface area contributed by atoms with Crippen molar-refractivity contribution in [2.45, 2.75) is 32.5 Å². The van der Waals surface area contributed by atoms with E-state index in [1.165, 1.54) is 23.3 Å². The number of likely N-dealkylation sites (N-methyl/N-ethyl adjacent to an activating group) is 1. The Labute approximate surface area is 126 Å². The summed E-state index contributed by atoms with van der Waals surface area (Å²) in [6.45, 7) is 4.87. The maximum absolute atomic E-state index is 13.0. The molecule has 0 bridgehead atoms. The summed E-state index contributed by atoms with van der Waals surface area (Å²) in [5, 5.41) is 0. The van der Waals surface area contributed by atoms with Crippen molar-refractivity contribution in [2.24, 2.45) is 5.73 Å². The summed E-state index contributed by atoms with van der Waals surface area (Å²) >= 11 is 0. The normalized spacial score (nSPS) is 14.2. The highest BCUT2D eigenvalue weighted by atomic mass is 19.1. The molecule has 3 heteroatoms. The number of aryl methyl sites for hydroxylation is 1. The van der Waals surface area contributed by atoms with Gasteiger partial charge in [-0.05, 0) is 49.7 Å². The summed E-state index contributed by atoms with van der Waals surface area (Å²) in [7, 11) is 2.06. The molecule has 0 radical (unpaired) electrons. The third-order valence-electron chi connectivity index (χ3n) is 3.83. The zero-order chi connectivity index (χ0) is 15.4. The summed E-state index contributed by atoms with van der Waals surface area (Å²) < 4.78 is 13.0. The van der Waals surface area contributed by atoms with Gasteiger partial charge >= 0.3 is 0 Å². The molecule has 0 aliphatic carbocycles. The highest BCUT2D eigenvalue weighted by Gasteiger charge is 2.22. The average molecular weight is 286 g/mol. The molecule has 0 aromatic heterocycles. The highest BCUT2D eigenvalue weighted by molar-refractivity contribution is 5.30. The van der Waals surface area contributed by atoms with Gasteiger partial charge in [-0.3, -0.25) is 4.90 Å². The smallest absolute Gasteiger partial charge is 0.123 e. The quantitative estimate of drug-likeness (QED) is 0.909. The molecule has 0 aliphatic heterocycles. The number of hydrogen-bond acceptors (Lipinski definition) is 2. The van der Waals surface area contributed by atoms with E-state index >= 15 is 0 Å². The first-order chi connectivity index (χ1) is 9.99. The SMILES string of the molecule is Cc1ccccc1C(C(C)N)N(C)Cc1ccc(F)cc1. The van der Waals surface area contributed by atoms with Crippen molar-refractivity contribution in [3.05, 3.63) is 71.0 Å². The second kappa shape index (κ2) is 6.83. The van der Waals surface area contributed by atoms with Crippen LogP contribution in [0.5, 0.6) is 0 Å². The van der Waals surface area contributed by atoms with Crippen LogP contribution < -0.4 is 5.73 Å². The van der Waals surface area contributed by atoms with E-state index in [9.17, 15) is 4.39 Å². The molecule has 0 amide bonds. The van der Waals surface area contributed by atoms with Crippen LogP contribution in [0.2, 0.25) is 0 Å². The van der Waals surface area contributed by atoms with Crippen molar-refractivity contribution in [3.63, 3.8) is 0 Å². The van der Waals surface area contributed by atoms with Crippen LogP contribution in [-0.2, 0) is 6.54 Å². The monoisotopic (exact) mass is 286 g/mol. The molecule has 112 valence electrons. The standard InChI is InChI=1S/C18H23FN2/c1-13-6-4-5-7-17(13)18(14(2)20)21(3)12-15-8-10-16(19)11-9-15/h4-11,14,18H,12,20H2,1-3H3. The molecular weight excluding hydrogens is 263 g/mol. The molecule has 0 heterocycles. The van der Waals surface area contributed by atoms with Crippen molar-refractivity contribution in [1.82, 2.24) is 4.90 Å². The maximum atomic E-state index is 13.0. The Kier molecular flexibility index (Phi) is 5.10. The Hall–Kier alpha value is -1.71. The zero-order valence-electron chi connectivity index (χ0n) is 12.9. The van der Waals surface area contributed by atoms with Gasteiger partial charge in [0.1, 0.15) is 5.82 Å². The van der Waals surface area contributed by atoms with Crippen molar-refractivity contribution in [2.75, 3.05) is 7.05 Å². The molecule has 21 heavy (non-hydrogen) atoms. The zero-order valence-corrected chi connectivity index (χ0v) is 12.9. The summed E-state index contributed by atoms with van der Waals surface area (Å²) in [5.41, 5.74) is 9.78. The molecule has 2 rings (SSSR count). The van der Waals surface area contributed by atoms with E-state index in [1.54, 1.807) is 0 Å². The number of benzene rings is 2. The van der Waals surface area contributed by atoms with Gasteiger partial charge in [0.25, 0.3) is 0 Å². The lowest BCUT2D eigenvalue weighted by molar-refractivity contribution is 0.210. The fourth-order valence-corrected chi connectivity index (χ4v) is 2.82. The third kappa shape index (κ3) is 3.90. The third-order valence-corrected chi connectivity index (χ3v) is 3.83.